The van der Waals surface area contributed by atoms with Gasteiger partial charge in [-0.2, -0.15) is 4.98 Å². The zero-order valence-electron chi connectivity index (χ0n) is 20.5. The number of hydrogen-bond donors (Lipinski definition) is 2. The van der Waals surface area contributed by atoms with Crippen LogP contribution in [0.3, 0.4) is 0 Å². The Morgan fingerprint density at radius 1 is 1.08 bits per heavy atom. The number of anilines is 5. The van der Waals surface area contributed by atoms with Gasteiger partial charge in [0.2, 0.25) is 5.95 Å². The van der Waals surface area contributed by atoms with Crippen LogP contribution < -0.4 is 20.0 Å². The fourth-order valence-electron chi connectivity index (χ4n) is 4.75. The minimum absolute atomic E-state index is 0.0565. The molecule has 1 amide bonds. The zero-order valence-corrected chi connectivity index (χ0v) is 21.2. The Hall–Kier alpha value is -3.40. The van der Waals surface area contributed by atoms with Crippen LogP contribution in [0.2, 0.25) is 5.02 Å². The van der Waals surface area contributed by atoms with Gasteiger partial charge in [0.15, 0.2) is 0 Å². The number of amides is 1. The molecule has 1 saturated heterocycles. The number of aliphatic hydroxyl groups is 1. The first kappa shape index (κ1) is 24.3. The fourth-order valence-corrected chi connectivity index (χ4v) is 4.99. The second-order valence-electron chi connectivity index (χ2n) is 9.00. The van der Waals surface area contributed by atoms with Crippen molar-refractivity contribution in [3.63, 3.8) is 0 Å². The topological polar surface area (TPSA) is 88.1 Å². The molecule has 0 saturated carbocycles. The maximum Gasteiger partial charge on any atom is 0.265 e. The predicted molar refractivity (Wildman–Crippen MR) is 144 cm³/mol. The van der Waals surface area contributed by atoms with E-state index in [9.17, 15) is 9.90 Å². The van der Waals surface area contributed by atoms with E-state index in [0.717, 1.165) is 49.7 Å². The number of aliphatic hydroxyl groups excluding tert-OH is 1. The molecular formula is C26H30ClN7O2. The molecule has 9 nitrogen and oxygen atoms in total. The summed E-state index contributed by atoms with van der Waals surface area (Å²) in [5, 5.41) is 13.8. The van der Waals surface area contributed by atoms with Crippen molar-refractivity contribution in [1.82, 2.24) is 14.9 Å². The van der Waals surface area contributed by atoms with Gasteiger partial charge in [-0.15, -0.1) is 0 Å². The highest BCUT2D eigenvalue weighted by atomic mass is 35.5. The van der Waals surface area contributed by atoms with E-state index in [-0.39, 0.29) is 12.5 Å². The Morgan fingerprint density at radius 3 is 2.58 bits per heavy atom. The number of carbonyl (C=O) groups is 1. The normalized spacial score (nSPS) is 16.3. The van der Waals surface area contributed by atoms with Gasteiger partial charge in [0.25, 0.3) is 5.91 Å². The summed E-state index contributed by atoms with van der Waals surface area (Å²) >= 11 is 6.34. The van der Waals surface area contributed by atoms with Crippen molar-refractivity contribution >= 4 is 46.3 Å². The van der Waals surface area contributed by atoms with Gasteiger partial charge in [-0.3, -0.25) is 9.69 Å². The van der Waals surface area contributed by atoms with Gasteiger partial charge in [0, 0.05) is 56.4 Å². The summed E-state index contributed by atoms with van der Waals surface area (Å²) in [6, 6.07) is 13.2. The van der Waals surface area contributed by atoms with E-state index in [0.29, 0.717) is 34.7 Å². The molecule has 1 aromatic heterocycles. The lowest BCUT2D eigenvalue weighted by atomic mass is 10.1. The van der Waals surface area contributed by atoms with Crippen molar-refractivity contribution in [1.29, 1.82) is 0 Å². The number of benzene rings is 2. The molecule has 3 aromatic rings. The number of aromatic nitrogens is 2. The van der Waals surface area contributed by atoms with Crippen LogP contribution in [0.15, 0.2) is 48.7 Å². The van der Waals surface area contributed by atoms with Crippen LogP contribution in [0.25, 0.3) is 0 Å². The average molecular weight is 508 g/mol. The highest BCUT2D eigenvalue weighted by molar-refractivity contribution is 6.34. The number of fused-ring (bicyclic) bond motifs is 1. The Bertz CT molecular complexity index is 1260. The molecule has 0 aliphatic carbocycles. The molecule has 2 aliphatic heterocycles. The van der Waals surface area contributed by atoms with Crippen LogP contribution >= 0.6 is 11.6 Å². The standard InChI is InChI=1S/C26H30ClN7O2/c1-3-32-10-12-33(13-11-32)22-9-8-19(14-18(22)16-35)29-26-28-15-20-24(30-26)31(2)17-34(25(20)36)23-7-5-4-6-21(23)27/h4-9,14-15,35H,3,10-13,16-17H2,1-2H3,(H,28,29,30). The first-order valence-electron chi connectivity index (χ1n) is 12.1. The summed E-state index contributed by atoms with van der Waals surface area (Å²) in [6.07, 6.45) is 1.54. The monoisotopic (exact) mass is 507 g/mol. The van der Waals surface area contributed by atoms with Crippen LogP contribution in [-0.4, -0.2) is 72.3 Å². The molecule has 1 fully saturated rings. The third kappa shape index (κ3) is 4.69. The van der Waals surface area contributed by atoms with Crippen molar-refractivity contribution < 1.29 is 9.90 Å². The number of para-hydroxylation sites is 1. The van der Waals surface area contributed by atoms with Crippen LogP contribution in [0.1, 0.15) is 22.8 Å². The Balaban J connectivity index is 1.35. The van der Waals surface area contributed by atoms with Crippen LogP contribution in [0, 0.1) is 0 Å². The molecule has 0 atom stereocenters. The molecule has 2 aromatic carbocycles. The molecule has 2 aliphatic rings. The molecule has 188 valence electrons. The maximum absolute atomic E-state index is 13.2. The summed E-state index contributed by atoms with van der Waals surface area (Å²) < 4.78 is 0. The number of halogens is 1. The maximum atomic E-state index is 13.2. The van der Waals surface area contributed by atoms with Gasteiger partial charge in [-0.25, -0.2) is 4.98 Å². The smallest absolute Gasteiger partial charge is 0.265 e. The third-order valence-corrected chi connectivity index (χ3v) is 7.09. The van der Waals surface area contributed by atoms with E-state index in [1.807, 2.05) is 48.3 Å². The van der Waals surface area contributed by atoms with Crippen molar-refractivity contribution in [2.75, 3.05) is 66.5 Å². The second-order valence-corrected chi connectivity index (χ2v) is 9.41. The van der Waals surface area contributed by atoms with Crippen LogP contribution in [-0.2, 0) is 6.61 Å². The third-order valence-electron chi connectivity index (χ3n) is 6.77. The second kappa shape index (κ2) is 10.3. The highest BCUT2D eigenvalue weighted by Crippen LogP contribution is 2.33. The van der Waals surface area contributed by atoms with Gasteiger partial charge in [-0.1, -0.05) is 30.7 Å². The average Bonchev–Trinajstić information content (AvgIpc) is 2.91. The lowest BCUT2D eigenvalue weighted by Gasteiger charge is -2.36. The van der Waals surface area contributed by atoms with Crippen molar-refractivity contribution in [2.24, 2.45) is 0 Å². The predicted octanol–water partition coefficient (Wildman–Crippen LogP) is 3.56. The molecule has 0 unspecified atom stereocenters. The SMILES string of the molecule is CCN1CCN(c2ccc(Nc3ncc4c(n3)N(C)CN(c3ccccc3Cl)C4=O)cc2CO)CC1. The van der Waals surface area contributed by atoms with Gasteiger partial charge >= 0.3 is 0 Å². The number of nitrogens with zero attached hydrogens (tertiary/aromatic N) is 6. The first-order chi connectivity index (χ1) is 17.5. The number of nitrogens with one attached hydrogen (secondary N) is 1. The minimum atomic E-state index is -0.196. The molecule has 36 heavy (non-hydrogen) atoms. The molecule has 0 bridgehead atoms. The Morgan fingerprint density at radius 2 is 1.86 bits per heavy atom. The fraction of sp³-hybridized carbons (Fsp3) is 0.346. The summed E-state index contributed by atoms with van der Waals surface area (Å²) in [4.78, 5) is 30.5. The number of carbonyl (C=O) groups excluding carboxylic acids is 1. The molecule has 5 rings (SSSR count). The number of rotatable bonds is 6. The largest absolute Gasteiger partial charge is 0.392 e. The molecule has 2 N–H and O–H groups in total. The van der Waals surface area contributed by atoms with Crippen LogP contribution in [0.4, 0.5) is 28.8 Å². The summed E-state index contributed by atoms with van der Waals surface area (Å²) in [6.45, 7) is 7.42. The molecule has 0 radical (unpaired) electrons. The summed E-state index contributed by atoms with van der Waals surface area (Å²) in [5.74, 6) is 0.735. The van der Waals surface area contributed by atoms with Gasteiger partial charge in [-0.05, 0) is 36.9 Å². The lowest BCUT2D eigenvalue weighted by molar-refractivity contribution is 0.0982. The summed E-state index contributed by atoms with van der Waals surface area (Å²) in [7, 11) is 1.88. The van der Waals surface area contributed by atoms with E-state index < -0.39 is 0 Å². The van der Waals surface area contributed by atoms with Crippen LogP contribution in [0.5, 0.6) is 0 Å². The van der Waals surface area contributed by atoms with E-state index in [1.54, 1.807) is 17.2 Å². The number of piperazine rings is 1. The molecule has 0 spiro atoms. The van der Waals surface area contributed by atoms with E-state index >= 15 is 0 Å². The van der Waals surface area contributed by atoms with Gasteiger partial charge in [0.05, 0.1) is 24.0 Å². The van der Waals surface area contributed by atoms with Gasteiger partial charge in [0.1, 0.15) is 11.4 Å². The Kier molecular flexibility index (Phi) is 6.95. The van der Waals surface area contributed by atoms with Gasteiger partial charge < -0.3 is 25.1 Å². The number of hydrogen-bond acceptors (Lipinski definition) is 8. The van der Waals surface area contributed by atoms with E-state index in [1.165, 1.54) is 0 Å². The quantitative estimate of drug-likeness (QED) is 0.523. The summed E-state index contributed by atoms with van der Waals surface area (Å²) in [5.41, 5.74) is 3.74. The number of likely N-dealkylation sites (N-methyl/N-ethyl adjacent to an activating group) is 1. The van der Waals surface area contributed by atoms with Crippen molar-refractivity contribution in [2.45, 2.75) is 13.5 Å². The zero-order chi connectivity index (χ0) is 25.2. The minimum Gasteiger partial charge on any atom is -0.392 e. The molecule has 10 heteroatoms. The van der Waals surface area contributed by atoms with E-state index in [4.69, 9.17) is 11.6 Å². The molecular weight excluding hydrogens is 478 g/mol. The van der Waals surface area contributed by atoms with Crippen molar-refractivity contribution in [3.05, 3.63) is 64.8 Å². The molecule has 3 heterocycles. The van der Waals surface area contributed by atoms with E-state index in [2.05, 4.69) is 32.0 Å². The lowest BCUT2D eigenvalue weighted by Crippen LogP contribution is -2.46. The van der Waals surface area contributed by atoms with Crippen molar-refractivity contribution in [3.8, 4) is 0 Å². The Labute approximate surface area is 215 Å². The first-order valence-corrected chi connectivity index (χ1v) is 12.5. The highest BCUT2D eigenvalue weighted by Gasteiger charge is 2.31.